The first-order chi connectivity index (χ1) is 8.80. The molecule has 18 heavy (non-hydrogen) atoms. The fraction of sp³-hybridized carbons (Fsp3) is 0.625. The third kappa shape index (κ3) is 5.65. The molecule has 1 rings (SSSR count). The van der Waals surface area contributed by atoms with Gasteiger partial charge in [-0.3, -0.25) is 0 Å². The van der Waals surface area contributed by atoms with Crippen molar-refractivity contribution in [1.29, 1.82) is 0 Å². The zero-order chi connectivity index (χ0) is 13.2. The van der Waals surface area contributed by atoms with Crippen LogP contribution in [0.2, 0.25) is 0 Å². The van der Waals surface area contributed by atoms with E-state index in [9.17, 15) is 0 Å². The largest absolute Gasteiger partial charge is 0.380 e. The second-order valence-corrected chi connectivity index (χ2v) is 4.91. The van der Waals surface area contributed by atoms with Crippen LogP contribution in [0.4, 0.5) is 0 Å². The second-order valence-electron chi connectivity index (χ2n) is 4.91. The van der Waals surface area contributed by atoms with Gasteiger partial charge in [-0.25, -0.2) is 0 Å². The fourth-order valence-electron chi connectivity index (χ4n) is 2.30. The van der Waals surface area contributed by atoms with E-state index >= 15 is 0 Å². The number of benzene rings is 1. The SMILES string of the molecule is CCCC(CCC)NCc1cccc(COC)c1. The summed E-state index contributed by atoms with van der Waals surface area (Å²) in [6.45, 7) is 6.16. The standard InChI is InChI=1S/C16H27NO/c1-4-7-16(8-5-2)17-12-14-9-6-10-15(11-14)13-18-3/h6,9-11,16-17H,4-5,7-8,12-13H2,1-3H3. The molecule has 102 valence electrons. The van der Waals surface area contributed by atoms with E-state index in [1.165, 1.54) is 36.8 Å². The normalized spacial score (nSPS) is 11.1. The van der Waals surface area contributed by atoms with Crippen molar-refractivity contribution in [3.05, 3.63) is 35.4 Å². The minimum absolute atomic E-state index is 0.658. The van der Waals surface area contributed by atoms with Gasteiger partial charge in [0, 0.05) is 19.7 Å². The van der Waals surface area contributed by atoms with Crippen molar-refractivity contribution in [2.45, 2.75) is 58.7 Å². The molecule has 0 aromatic heterocycles. The number of hydrogen-bond donors (Lipinski definition) is 1. The van der Waals surface area contributed by atoms with Crippen LogP contribution in [0.1, 0.15) is 50.7 Å². The maximum atomic E-state index is 5.17. The fourth-order valence-corrected chi connectivity index (χ4v) is 2.30. The van der Waals surface area contributed by atoms with Crippen LogP contribution in [0.3, 0.4) is 0 Å². The van der Waals surface area contributed by atoms with E-state index in [1.807, 2.05) is 0 Å². The van der Waals surface area contributed by atoms with Crippen LogP contribution in [-0.2, 0) is 17.9 Å². The van der Waals surface area contributed by atoms with Gasteiger partial charge in [-0.1, -0.05) is 51.0 Å². The summed E-state index contributed by atoms with van der Waals surface area (Å²) >= 11 is 0. The highest BCUT2D eigenvalue weighted by Crippen LogP contribution is 2.09. The van der Waals surface area contributed by atoms with Crippen LogP contribution < -0.4 is 5.32 Å². The first-order valence-electron chi connectivity index (χ1n) is 7.10. The van der Waals surface area contributed by atoms with Crippen molar-refractivity contribution >= 4 is 0 Å². The summed E-state index contributed by atoms with van der Waals surface area (Å²) in [4.78, 5) is 0. The topological polar surface area (TPSA) is 21.3 Å². The van der Waals surface area contributed by atoms with Gasteiger partial charge < -0.3 is 10.1 Å². The van der Waals surface area contributed by atoms with E-state index in [-0.39, 0.29) is 0 Å². The Kier molecular flexibility index (Phi) is 7.70. The molecule has 0 amide bonds. The van der Waals surface area contributed by atoms with Gasteiger partial charge in [0.1, 0.15) is 0 Å². The summed E-state index contributed by atoms with van der Waals surface area (Å²) in [5, 5.41) is 3.67. The first kappa shape index (κ1) is 15.2. The molecule has 2 nitrogen and oxygen atoms in total. The Morgan fingerprint density at radius 3 is 2.39 bits per heavy atom. The third-order valence-corrected chi connectivity index (χ3v) is 3.17. The van der Waals surface area contributed by atoms with E-state index < -0.39 is 0 Å². The van der Waals surface area contributed by atoms with Crippen LogP contribution in [0.5, 0.6) is 0 Å². The van der Waals surface area contributed by atoms with Crippen molar-refractivity contribution in [3.8, 4) is 0 Å². The maximum absolute atomic E-state index is 5.17. The van der Waals surface area contributed by atoms with Gasteiger partial charge in [-0.05, 0) is 24.0 Å². The Balaban J connectivity index is 2.47. The van der Waals surface area contributed by atoms with Crippen LogP contribution in [0.15, 0.2) is 24.3 Å². The average Bonchev–Trinajstić information content (AvgIpc) is 2.37. The van der Waals surface area contributed by atoms with Gasteiger partial charge in [0.2, 0.25) is 0 Å². The van der Waals surface area contributed by atoms with Crippen LogP contribution in [0.25, 0.3) is 0 Å². The summed E-state index contributed by atoms with van der Waals surface area (Å²) in [7, 11) is 1.74. The Bertz CT molecular complexity index is 319. The molecule has 0 heterocycles. The lowest BCUT2D eigenvalue weighted by molar-refractivity contribution is 0.185. The number of ether oxygens (including phenoxy) is 1. The molecule has 0 spiro atoms. The molecule has 0 unspecified atom stereocenters. The Labute approximate surface area is 112 Å². The Hall–Kier alpha value is -0.860. The quantitative estimate of drug-likeness (QED) is 0.717. The Morgan fingerprint density at radius 2 is 1.78 bits per heavy atom. The summed E-state index contributed by atoms with van der Waals surface area (Å²) in [5.74, 6) is 0. The molecule has 0 aliphatic heterocycles. The molecule has 0 bridgehead atoms. The van der Waals surface area contributed by atoms with E-state index in [1.54, 1.807) is 7.11 Å². The molecule has 1 N–H and O–H groups in total. The maximum Gasteiger partial charge on any atom is 0.0713 e. The molecule has 0 radical (unpaired) electrons. The molecular weight excluding hydrogens is 222 g/mol. The van der Waals surface area contributed by atoms with E-state index in [0.717, 1.165) is 6.54 Å². The van der Waals surface area contributed by atoms with Gasteiger partial charge in [-0.15, -0.1) is 0 Å². The summed E-state index contributed by atoms with van der Waals surface area (Å²) in [6.07, 6.45) is 5.04. The van der Waals surface area contributed by atoms with Crippen molar-refractivity contribution in [2.75, 3.05) is 7.11 Å². The summed E-state index contributed by atoms with van der Waals surface area (Å²) in [5.41, 5.74) is 2.60. The lowest BCUT2D eigenvalue weighted by atomic mass is 10.1. The molecule has 1 aromatic carbocycles. The van der Waals surface area contributed by atoms with Crippen LogP contribution in [-0.4, -0.2) is 13.2 Å². The third-order valence-electron chi connectivity index (χ3n) is 3.17. The van der Waals surface area contributed by atoms with E-state index in [4.69, 9.17) is 4.74 Å². The predicted octanol–water partition coefficient (Wildman–Crippen LogP) is 3.89. The molecule has 2 heteroatoms. The molecule has 0 atom stereocenters. The van der Waals surface area contributed by atoms with Gasteiger partial charge in [0.05, 0.1) is 6.61 Å². The van der Waals surface area contributed by atoms with Gasteiger partial charge in [0.15, 0.2) is 0 Å². The molecule has 0 saturated heterocycles. The van der Waals surface area contributed by atoms with E-state index in [0.29, 0.717) is 12.6 Å². The predicted molar refractivity (Wildman–Crippen MR) is 77.6 cm³/mol. The number of hydrogen-bond acceptors (Lipinski definition) is 2. The van der Waals surface area contributed by atoms with Crippen molar-refractivity contribution in [1.82, 2.24) is 5.32 Å². The van der Waals surface area contributed by atoms with Gasteiger partial charge in [-0.2, -0.15) is 0 Å². The molecule has 0 saturated carbocycles. The van der Waals surface area contributed by atoms with Crippen molar-refractivity contribution < 1.29 is 4.74 Å². The molecule has 0 fully saturated rings. The smallest absolute Gasteiger partial charge is 0.0713 e. The molecule has 0 aliphatic carbocycles. The van der Waals surface area contributed by atoms with E-state index in [2.05, 4.69) is 43.4 Å². The lowest BCUT2D eigenvalue weighted by Gasteiger charge is -2.17. The molecule has 0 aliphatic rings. The highest BCUT2D eigenvalue weighted by atomic mass is 16.5. The van der Waals surface area contributed by atoms with Crippen molar-refractivity contribution in [2.24, 2.45) is 0 Å². The first-order valence-corrected chi connectivity index (χ1v) is 7.10. The molecular formula is C16H27NO. The zero-order valence-corrected chi connectivity index (χ0v) is 12.0. The minimum Gasteiger partial charge on any atom is -0.380 e. The lowest BCUT2D eigenvalue weighted by Crippen LogP contribution is -2.28. The minimum atomic E-state index is 0.658. The second kappa shape index (κ2) is 9.12. The summed E-state index contributed by atoms with van der Waals surface area (Å²) in [6, 6.07) is 9.29. The van der Waals surface area contributed by atoms with Crippen molar-refractivity contribution in [3.63, 3.8) is 0 Å². The van der Waals surface area contributed by atoms with Gasteiger partial charge >= 0.3 is 0 Å². The van der Waals surface area contributed by atoms with Crippen LogP contribution in [0, 0.1) is 0 Å². The molecule has 1 aromatic rings. The Morgan fingerprint density at radius 1 is 1.11 bits per heavy atom. The average molecular weight is 249 g/mol. The highest BCUT2D eigenvalue weighted by molar-refractivity contribution is 5.22. The number of nitrogens with one attached hydrogen (secondary N) is 1. The summed E-state index contributed by atoms with van der Waals surface area (Å²) < 4.78 is 5.17. The van der Waals surface area contributed by atoms with Gasteiger partial charge in [0.25, 0.3) is 0 Å². The monoisotopic (exact) mass is 249 g/mol. The highest BCUT2D eigenvalue weighted by Gasteiger charge is 2.05. The number of rotatable bonds is 9. The zero-order valence-electron chi connectivity index (χ0n) is 12.0. The van der Waals surface area contributed by atoms with Crippen LogP contribution >= 0.6 is 0 Å². The number of methoxy groups -OCH3 is 1.